The van der Waals surface area contributed by atoms with Crippen molar-refractivity contribution < 1.29 is 0 Å². The predicted octanol–water partition coefficient (Wildman–Crippen LogP) is 3.87. The molecule has 1 nitrogen and oxygen atoms in total. The van der Waals surface area contributed by atoms with E-state index in [0.717, 1.165) is 5.56 Å². The topological polar surface area (TPSA) is 26.0 Å². The summed E-state index contributed by atoms with van der Waals surface area (Å²) in [4.78, 5) is 0. The zero-order valence-electron chi connectivity index (χ0n) is 7.99. The van der Waals surface area contributed by atoms with E-state index in [1.807, 2.05) is 6.07 Å². The molecule has 0 saturated heterocycles. The fraction of sp³-hybridized carbons (Fsp3) is 0.400. The largest absolute Gasteiger partial charge is 0.397 e. The van der Waals surface area contributed by atoms with Gasteiger partial charge in [-0.1, -0.05) is 50.0 Å². The summed E-state index contributed by atoms with van der Waals surface area (Å²) >= 11 is 12.0. The van der Waals surface area contributed by atoms with Crippen molar-refractivity contribution in [2.45, 2.75) is 26.2 Å². The lowest BCUT2D eigenvalue weighted by atomic mass is 9.87. The monoisotopic (exact) mass is 217 g/mol. The number of rotatable bonds is 0. The van der Waals surface area contributed by atoms with E-state index in [1.54, 1.807) is 6.07 Å². The molecule has 13 heavy (non-hydrogen) atoms. The van der Waals surface area contributed by atoms with Crippen LogP contribution in [0.2, 0.25) is 10.0 Å². The van der Waals surface area contributed by atoms with Crippen LogP contribution in [0.4, 0.5) is 5.69 Å². The summed E-state index contributed by atoms with van der Waals surface area (Å²) in [5.41, 5.74) is 7.16. The van der Waals surface area contributed by atoms with Gasteiger partial charge in [-0.2, -0.15) is 0 Å². The molecule has 0 bridgehead atoms. The Hall–Kier alpha value is -0.400. The molecule has 3 heteroatoms. The third-order valence-electron chi connectivity index (χ3n) is 1.92. The quantitative estimate of drug-likeness (QED) is 0.657. The highest BCUT2D eigenvalue weighted by atomic mass is 35.5. The lowest BCUT2D eigenvalue weighted by molar-refractivity contribution is 0.590. The summed E-state index contributed by atoms with van der Waals surface area (Å²) < 4.78 is 0. The van der Waals surface area contributed by atoms with E-state index >= 15 is 0 Å². The molecular weight excluding hydrogens is 205 g/mol. The van der Waals surface area contributed by atoms with Crippen molar-refractivity contribution in [2.24, 2.45) is 0 Å². The maximum atomic E-state index is 6.07. The number of hydrogen-bond acceptors (Lipinski definition) is 1. The minimum absolute atomic E-state index is 0.00553. The SMILES string of the molecule is CC(C)(C)c1ccc(N)c(Cl)c1Cl. The van der Waals surface area contributed by atoms with Crippen molar-refractivity contribution in [1.82, 2.24) is 0 Å². The number of benzene rings is 1. The second-order valence-electron chi connectivity index (χ2n) is 4.08. The Bertz CT molecular complexity index is 326. The molecule has 0 unspecified atom stereocenters. The zero-order valence-corrected chi connectivity index (χ0v) is 9.50. The van der Waals surface area contributed by atoms with E-state index in [2.05, 4.69) is 20.8 Å². The highest BCUT2D eigenvalue weighted by molar-refractivity contribution is 6.44. The summed E-state index contributed by atoms with van der Waals surface area (Å²) in [6.07, 6.45) is 0. The average Bonchev–Trinajstić information content (AvgIpc) is 1.98. The van der Waals surface area contributed by atoms with E-state index in [0.29, 0.717) is 15.7 Å². The molecule has 0 heterocycles. The molecule has 0 aromatic heterocycles. The zero-order chi connectivity index (χ0) is 10.2. The third-order valence-corrected chi connectivity index (χ3v) is 2.82. The Kier molecular flexibility index (Phi) is 2.79. The van der Waals surface area contributed by atoms with E-state index in [4.69, 9.17) is 28.9 Å². The van der Waals surface area contributed by atoms with Crippen LogP contribution in [0.5, 0.6) is 0 Å². The Labute approximate surface area is 88.8 Å². The number of nitrogens with two attached hydrogens (primary N) is 1. The number of nitrogen functional groups attached to an aromatic ring is 1. The summed E-state index contributed by atoms with van der Waals surface area (Å²) in [6, 6.07) is 3.71. The molecule has 0 saturated carbocycles. The Morgan fingerprint density at radius 3 is 2.08 bits per heavy atom. The first kappa shape index (κ1) is 10.7. The maximum absolute atomic E-state index is 6.07. The molecule has 0 aliphatic carbocycles. The Morgan fingerprint density at radius 1 is 1.08 bits per heavy atom. The molecule has 0 amide bonds. The van der Waals surface area contributed by atoms with Crippen LogP contribution in [0.25, 0.3) is 0 Å². The number of anilines is 1. The second-order valence-corrected chi connectivity index (χ2v) is 4.84. The fourth-order valence-electron chi connectivity index (χ4n) is 1.14. The van der Waals surface area contributed by atoms with Gasteiger partial charge in [0.25, 0.3) is 0 Å². The van der Waals surface area contributed by atoms with Crippen molar-refractivity contribution in [1.29, 1.82) is 0 Å². The van der Waals surface area contributed by atoms with Gasteiger partial charge in [-0.15, -0.1) is 0 Å². The normalized spacial score (nSPS) is 11.8. The smallest absolute Gasteiger partial charge is 0.0824 e. The van der Waals surface area contributed by atoms with Crippen LogP contribution in [0.3, 0.4) is 0 Å². The van der Waals surface area contributed by atoms with Crippen LogP contribution >= 0.6 is 23.2 Å². The summed E-state index contributed by atoms with van der Waals surface area (Å²) in [7, 11) is 0. The summed E-state index contributed by atoms with van der Waals surface area (Å²) in [6.45, 7) is 6.25. The Morgan fingerprint density at radius 2 is 1.62 bits per heavy atom. The molecule has 0 spiro atoms. The average molecular weight is 218 g/mol. The molecule has 1 aromatic carbocycles. The highest BCUT2D eigenvalue weighted by Crippen LogP contribution is 2.37. The molecule has 0 atom stereocenters. The van der Waals surface area contributed by atoms with Crippen LogP contribution in [-0.4, -0.2) is 0 Å². The van der Waals surface area contributed by atoms with Gasteiger partial charge in [0, 0.05) is 0 Å². The molecule has 2 N–H and O–H groups in total. The lowest BCUT2D eigenvalue weighted by Gasteiger charge is -2.21. The van der Waals surface area contributed by atoms with Crippen molar-refractivity contribution in [2.75, 3.05) is 5.73 Å². The van der Waals surface area contributed by atoms with Crippen LogP contribution in [0, 0.1) is 0 Å². The Balaban J connectivity index is 3.35. The van der Waals surface area contributed by atoms with Crippen LogP contribution < -0.4 is 5.73 Å². The molecule has 1 aromatic rings. The van der Waals surface area contributed by atoms with Gasteiger partial charge in [-0.05, 0) is 17.0 Å². The fourth-order valence-corrected chi connectivity index (χ4v) is 1.76. The van der Waals surface area contributed by atoms with Gasteiger partial charge in [0.2, 0.25) is 0 Å². The van der Waals surface area contributed by atoms with Gasteiger partial charge in [0.1, 0.15) is 0 Å². The van der Waals surface area contributed by atoms with E-state index in [-0.39, 0.29) is 5.41 Å². The summed E-state index contributed by atoms with van der Waals surface area (Å²) in [5, 5.41) is 1.02. The number of halogens is 2. The van der Waals surface area contributed by atoms with Gasteiger partial charge in [-0.25, -0.2) is 0 Å². The van der Waals surface area contributed by atoms with Gasteiger partial charge in [-0.3, -0.25) is 0 Å². The summed E-state index contributed by atoms with van der Waals surface area (Å²) in [5.74, 6) is 0. The highest BCUT2D eigenvalue weighted by Gasteiger charge is 2.19. The van der Waals surface area contributed by atoms with Crippen LogP contribution in [-0.2, 0) is 5.41 Å². The van der Waals surface area contributed by atoms with Crippen molar-refractivity contribution in [3.8, 4) is 0 Å². The van der Waals surface area contributed by atoms with Crippen LogP contribution in [0.1, 0.15) is 26.3 Å². The van der Waals surface area contributed by atoms with Crippen LogP contribution in [0.15, 0.2) is 12.1 Å². The first-order valence-electron chi connectivity index (χ1n) is 4.08. The maximum Gasteiger partial charge on any atom is 0.0824 e. The van der Waals surface area contributed by atoms with Gasteiger partial charge < -0.3 is 5.73 Å². The minimum Gasteiger partial charge on any atom is -0.397 e. The van der Waals surface area contributed by atoms with Crippen molar-refractivity contribution >= 4 is 28.9 Å². The molecule has 0 radical (unpaired) electrons. The van der Waals surface area contributed by atoms with E-state index in [9.17, 15) is 0 Å². The second kappa shape index (κ2) is 3.39. The third kappa shape index (κ3) is 2.09. The molecule has 0 aliphatic heterocycles. The van der Waals surface area contributed by atoms with E-state index < -0.39 is 0 Å². The number of hydrogen-bond donors (Lipinski definition) is 1. The predicted molar refractivity (Wildman–Crippen MR) is 59.6 cm³/mol. The minimum atomic E-state index is -0.00553. The van der Waals surface area contributed by atoms with Gasteiger partial charge >= 0.3 is 0 Å². The van der Waals surface area contributed by atoms with Gasteiger partial charge in [0.15, 0.2) is 0 Å². The van der Waals surface area contributed by atoms with Crippen molar-refractivity contribution in [3.63, 3.8) is 0 Å². The lowest BCUT2D eigenvalue weighted by Crippen LogP contribution is -2.12. The molecule has 0 fully saturated rings. The van der Waals surface area contributed by atoms with Gasteiger partial charge in [0.05, 0.1) is 15.7 Å². The standard InChI is InChI=1S/C10H13Cl2N/c1-10(2,3)6-4-5-7(13)9(12)8(6)11/h4-5H,13H2,1-3H3. The molecular formula is C10H13Cl2N. The molecule has 72 valence electrons. The molecule has 1 rings (SSSR count). The van der Waals surface area contributed by atoms with E-state index in [1.165, 1.54) is 0 Å². The van der Waals surface area contributed by atoms with Crippen molar-refractivity contribution in [3.05, 3.63) is 27.7 Å². The first-order chi connectivity index (χ1) is 5.84. The first-order valence-corrected chi connectivity index (χ1v) is 4.83. The molecule has 0 aliphatic rings.